The summed E-state index contributed by atoms with van der Waals surface area (Å²) in [6.45, 7) is 3.87. The first-order chi connectivity index (χ1) is 11.8. The van der Waals surface area contributed by atoms with E-state index in [1.807, 2.05) is 24.3 Å². The van der Waals surface area contributed by atoms with Gasteiger partial charge in [-0.1, -0.05) is 31.5 Å². The third-order valence-corrected chi connectivity index (χ3v) is 4.50. The van der Waals surface area contributed by atoms with E-state index in [0.29, 0.717) is 22.5 Å². The minimum atomic E-state index is -3.40. The van der Waals surface area contributed by atoms with Crippen LogP contribution in [0.15, 0.2) is 42.5 Å². The summed E-state index contributed by atoms with van der Waals surface area (Å²) in [5.74, 6) is -0.268. The molecule has 0 saturated heterocycles. The van der Waals surface area contributed by atoms with Gasteiger partial charge in [0.15, 0.2) is 0 Å². The van der Waals surface area contributed by atoms with Crippen molar-refractivity contribution < 1.29 is 13.2 Å². The Morgan fingerprint density at radius 2 is 1.76 bits per heavy atom. The van der Waals surface area contributed by atoms with Gasteiger partial charge < -0.3 is 5.32 Å². The average molecular weight is 360 g/mol. The van der Waals surface area contributed by atoms with Crippen LogP contribution in [0.2, 0.25) is 0 Å². The second kappa shape index (κ2) is 8.16. The van der Waals surface area contributed by atoms with Crippen LogP contribution in [0, 0.1) is 6.92 Å². The van der Waals surface area contributed by atoms with Crippen LogP contribution in [0.3, 0.4) is 0 Å². The van der Waals surface area contributed by atoms with Crippen LogP contribution in [0.4, 0.5) is 11.4 Å². The Bertz CT molecular complexity index is 843. The van der Waals surface area contributed by atoms with E-state index in [1.165, 1.54) is 5.56 Å². The number of amides is 1. The number of aryl methyl sites for hydroxylation is 1. The highest BCUT2D eigenvalue weighted by molar-refractivity contribution is 7.92. The van der Waals surface area contributed by atoms with Crippen molar-refractivity contribution >= 4 is 27.3 Å². The van der Waals surface area contributed by atoms with Gasteiger partial charge in [-0.15, -0.1) is 0 Å². The van der Waals surface area contributed by atoms with Gasteiger partial charge in [0, 0.05) is 11.3 Å². The van der Waals surface area contributed by atoms with Crippen LogP contribution in [0.25, 0.3) is 0 Å². The molecule has 0 aliphatic carbocycles. The predicted octanol–water partition coefficient (Wildman–Crippen LogP) is 3.96. The zero-order valence-electron chi connectivity index (χ0n) is 14.8. The fraction of sp³-hybridized carbons (Fsp3) is 0.316. The van der Waals surface area contributed by atoms with E-state index in [4.69, 9.17) is 0 Å². The van der Waals surface area contributed by atoms with E-state index in [1.54, 1.807) is 25.1 Å². The van der Waals surface area contributed by atoms with E-state index in [9.17, 15) is 13.2 Å². The van der Waals surface area contributed by atoms with Gasteiger partial charge in [0.1, 0.15) is 0 Å². The maximum atomic E-state index is 12.5. The van der Waals surface area contributed by atoms with Crippen LogP contribution in [-0.2, 0) is 16.4 Å². The van der Waals surface area contributed by atoms with Gasteiger partial charge >= 0.3 is 0 Å². The summed E-state index contributed by atoms with van der Waals surface area (Å²) < 4.78 is 25.3. The second-order valence-corrected chi connectivity index (χ2v) is 7.86. The standard InChI is InChI=1S/C19H24N2O3S/c1-4-5-7-15-10-12-16(13-11-15)20-19(22)17-8-6-9-18(14(17)2)21-25(3,23)24/h6,8-13,21H,4-5,7H2,1-3H3,(H,20,22). The second-order valence-electron chi connectivity index (χ2n) is 6.11. The van der Waals surface area contributed by atoms with E-state index in [2.05, 4.69) is 17.0 Å². The van der Waals surface area contributed by atoms with Gasteiger partial charge in [0.25, 0.3) is 5.91 Å². The van der Waals surface area contributed by atoms with Crippen molar-refractivity contribution in [3.05, 3.63) is 59.2 Å². The third-order valence-electron chi connectivity index (χ3n) is 3.90. The molecule has 0 bridgehead atoms. The molecule has 0 atom stereocenters. The molecule has 2 aromatic rings. The van der Waals surface area contributed by atoms with Crippen LogP contribution in [0.1, 0.15) is 41.3 Å². The van der Waals surface area contributed by atoms with E-state index in [-0.39, 0.29) is 5.91 Å². The van der Waals surface area contributed by atoms with Gasteiger partial charge in [0.2, 0.25) is 10.0 Å². The molecule has 0 heterocycles. The minimum absolute atomic E-state index is 0.268. The monoisotopic (exact) mass is 360 g/mol. The molecule has 6 heteroatoms. The van der Waals surface area contributed by atoms with Gasteiger partial charge in [-0.05, 0) is 55.2 Å². The Labute approximate surface area is 149 Å². The summed E-state index contributed by atoms with van der Waals surface area (Å²) in [6, 6.07) is 12.8. The minimum Gasteiger partial charge on any atom is -0.322 e. The van der Waals surface area contributed by atoms with Crippen molar-refractivity contribution in [1.82, 2.24) is 0 Å². The molecular weight excluding hydrogens is 336 g/mol. The largest absolute Gasteiger partial charge is 0.322 e. The van der Waals surface area contributed by atoms with Crippen LogP contribution in [-0.4, -0.2) is 20.6 Å². The molecule has 134 valence electrons. The molecule has 5 nitrogen and oxygen atoms in total. The van der Waals surface area contributed by atoms with Gasteiger partial charge in [0.05, 0.1) is 11.9 Å². The van der Waals surface area contributed by atoms with Gasteiger partial charge in [-0.2, -0.15) is 0 Å². The molecule has 0 saturated carbocycles. The molecule has 0 unspecified atom stereocenters. The highest BCUT2D eigenvalue weighted by Gasteiger charge is 2.14. The quantitative estimate of drug-likeness (QED) is 0.785. The number of benzene rings is 2. The van der Waals surface area contributed by atoms with Crippen molar-refractivity contribution in [1.29, 1.82) is 0 Å². The number of hydrogen-bond acceptors (Lipinski definition) is 3. The van der Waals surface area contributed by atoms with E-state index < -0.39 is 10.0 Å². The lowest BCUT2D eigenvalue weighted by atomic mass is 10.1. The maximum Gasteiger partial charge on any atom is 0.256 e. The number of anilines is 2. The Morgan fingerprint density at radius 1 is 1.08 bits per heavy atom. The molecule has 0 radical (unpaired) electrons. The first-order valence-corrected chi connectivity index (χ1v) is 10.2. The zero-order valence-corrected chi connectivity index (χ0v) is 15.6. The van der Waals surface area contributed by atoms with Crippen molar-refractivity contribution in [3.63, 3.8) is 0 Å². The Morgan fingerprint density at radius 3 is 2.36 bits per heavy atom. The number of sulfonamides is 1. The topological polar surface area (TPSA) is 75.3 Å². The van der Waals surface area contributed by atoms with Crippen LogP contribution < -0.4 is 10.0 Å². The molecule has 0 spiro atoms. The number of carbonyl (C=O) groups is 1. The molecule has 0 fully saturated rings. The normalized spacial score (nSPS) is 11.2. The van der Waals surface area contributed by atoms with Crippen molar-refractivity contribution in [2.24, 2.45) is 0 Å². The number of nitrogens with one attached hydrogen (secondary N) is 2. The lowest BCUT2D eigenvalue weighted by molar-refractivity contribution is 0.102. The highest BCUT2D eigenvalue weighted by Crippen LogP contribution is 2.21. The van der Waals surface area contributed by atoms with Gasteiger partial charge in [-0.3, -0.25) is 9.52 Å². The van der Waals surface area contributed by atoms with Gasteiger partial charge in [-0.25, -0.2) is 8.42 Å². The summed E-state index contributed by atoms with van der Waals surface area (Å²) in [7, 11) is -3.40. The summed E-state index contributed by atoms with van der Waals surface area (Å²) in [5.41, 5.74) is 3.39. The van der Waals surface area contributed by atoms with E-state index in [0.717, 1.165) is 25.5 Å². The first-order valence-electron chi connectivity index (χ1n) is 8.28. The fourth-order valence-electron chi connectivity index (χ4n) is 2.53. The fourth-order valence-corrected chi connectivity index (χ4v) is 3.15. The molecule has 0 aliphatic heterocycles. The Balaban J connectivity index is 2.14. The molecule has 1 amide bonds. The summed E-state index contributed by atoms with van der Waals surface area (Å²) in [6.07, 6.45) is 4.41. The first kappa shape index (κ1) is 19.0. The summed E-state index contributed by atoms with van der Waals surface area (Å²) in [4.78, 5) is 12.5. The van der Waals surface area contributed by atoms with Crippen LogP contribution >= 0.6 is 0 Å². The Kier molecular flexibility index (Phi) is 6.20. The Hall–Kier alpha value is -2.34. The zero-order chi connectivity index (χ0) is 18.4. The molecule has 2 N–H and O–H groups in total. The van der Waals surface area contributed by atoms with Crippen LogP contribution in [0.5, 0.6) is 0 Å². The number of unbranched alkanes of at least 4 members (excludes halogenated alkanes) is 1. The lowest BCUT2D eigenvalue weighted by Gasteiger charge is -2.12. The van der Waals surface area contributed by atoms with Crippen molar-refractivity contribution in [2.45, 2.75) is 33.1 Å². The summed E-state index contributed by atoms with van der Waals surface area (Å²) in [5, 5.41) is 2.86. The number of hydrogen-bond donors (Lipinski definition) is 2. The van der Waals surface area contributed by atoms with E-state index >= 15 is 0 Å². The molecule has 2 rings (SSSR count). The molecule has 25 heavy (non-hydrogen) atoms. The summed E-state index contributed by atoms with van der Waals surface area (Å²) >= 11 is 0. The van der Waals surface area contributed by atoms with Crippen molar-refractivity contribution in [3.8, 4) is 0 Å². The maximum absolute atomic E-state index is 12.5. The number of carbonyl (C=O) groups excluding carboxylic acids is 1. The lowest BCUT2D eigenvalue weighted by Crippen LogP contribution is -2.16. The molecule has 0 aromatic heterocycles. The highest BCUT2D eigenvalue weighted by atomic mass is 32.2. The van der Waals surface area contributed by atoms with Crippen molar-refractivity contribution in [2.75, 3.05) is 16.3 Å². The smallest absolute Gasteiger partial charge is 0.256 e. The average Bonchev–Trinajstić information content (AvgIpc) is 2.55. The number of rotatable bonds is 7. The predicted molar refractivity (Wildman–Crippen MR) is 103 cm³/mol. The molecule has 0 aliphatic rings. The molecule has 2 aromatic carbocycles. The molecular formula is C19H24N2O3S. The SMILES string of the molecule is CCCCc1ccc(NC(=O)c2cccc(NS(C)(=O)=O)c2C)cc1. The third kappa shape index (κ3) is 5.60.